The minimum atomic E-state index is -0.368. The van der Waals surface area contributed by atoms with Gasteiger partial charge in [-0.3, -0.25) is 4.79 Å². The van der Waals surface area contributed by atoms with Crippen LogP contribution < -0.4 is 10.5 Å². The highest BCUT2D eigenvalue weighted by Gasteiger charge is 2.14. The molecule has 5 heteroatoms. The lowest BCUT2D eigenvalue weighted by Gasteiger charge is -2.33. The van der Waals surface area contributed by atoms with E-state index in [9.17, 15) is 9.90 Å². The Labute approximate surface area is 124 Å². The van der Waals surface area contributed by atoms with Gasteiger partial charge < -0.3 is 15.0 Å². The van der Waals surface area contributed by atoms with Gasteiger partial charge in [0, 0.05) is 23.3 Å². The van der Waals surface area contributed by atoms with E-state index < -0.39 is 0 Å². The standard InChI is InChI=1S/C16H21N3O2/c1-10(2)19(11(3)4)13-7-5-12(6-8-13)16-17-14(20)9-15(21)18-16/h5-11H,1-4H3,(H2,17,18,20,21). The molecule has 0 amide bonds. The summed E-state index contributed by atoms with van der Waals surface area (Å²) in [5, 5.41) is 9.40. The molecule has 112 valence electrons. The third-order valence-corrected chi connectivity index (χ3v) is 3.28. The smallest absolute Gasteiger partial charge is 0.254 e. The minimum absolute atomic E-state index is 0.274. The molecule has 0 saturated heterocycles. The molecule has 0 spiro atoms. The van der Waals surface area contributed by atoms with Gasteiger partial charge >= 0.3 is 0 Å². The molecule has 0 fully saturated rings. The van der Waals surface area contributed by atoms with E-state index in [1.54, 1.807) is 0 Å². The van der Waals surface area contributed by atoms with Crippen molar-refractivity contribution in [1.82, 2.24) is 9.97 Å². The molecule has 21 heavy (non-hydrogen) atoms. The molecule has 0 radical (unpaired) electrons. The van der Waals surface area contributed by atoms with Crippen molar-refractivity contribution in [3.8, 4) is 17.3 Å². The van der Waals surface area contributed by atoms with Gasteiger partial charge in [0.25, 0.3) is 5.56 Å². The van der Waals surface area contributed by atoms with Gasteiger partial charge in [0.2, 0.25) is 5.88 Å². The van der Waals surface area contributed by atoms with Crippen LogP contribution in [0, 0.1) is 0 Å². The monoisotopic (exact) mass is 287 g/mol. The van der Waals surface area contributed by atoms with Gasteiger partial charge in [-0.15, -0.1) is 0 Å². The number of hydrogen-bond donors (Lipinski definition) is 2. The minimum Gasteiger partial charge on any atom is -0.493 e. The summed E-state index contributed by atoms with van der Waals surface area (Å²) in [6, 6.07) is 9.63. The van der Waals surface area contributed by atoms with Crippen LogP contribution in [0.5, 0.6) is 5.88 Å². The normalized spacial score (nSPS) is 11.1. The van der Waals surface area contributed by atoms with E-state index in [1.807, 2.05) is 24.3 Å². The van der Waals surface area contributed by atoms with Crippen LogP contribution in [0.1, 0.15) is 27.7 Å². The van der Waals surface area contributed by atoms with Crippen molar-refractivity contribution < 1.29 is 5.11 Å². The Hall–Kier alpha value is -2.30. The van der Waals surface area contributed by atoms with Gasteiger partial charge in [0.1, 0.15) is 5.82 Å². The second kappa shape index (κ2) is 5.99. The first-order valence-electron chi connectivity index (χ1n) is 7.07. The molecule has 1 aromatic heterocycles. The Morgan fingerprint density at radius 2 is 1.67 bits per heavy atom. The quantitative estimate of drug-likeness (QED) is 0.907. The fourth-order valence-corrected chi connectivity index (χ4v) is 2.57. The molecule has 0 aliphatic rings. The van der Waals surface area contributed by atoms with Crippen molar-refractivity contribution in [1.29, 1.82) is 0 Å². The lowest BCUT2D eigenvalue weighted by Crippen LogP contribution is -2.36. The predicted octanol–water partition coefficient (Wildman–Crippen LogP) is 2.77. The maximum Gasteiger partial charge on any atom is 0.254 e. The van der Waals surface area contributed by atoms with Gasteiger partial charge in [-0.2, -0.15) is 4.98 Å². The lowest BCUT2D eigenvalue weighted by atomic mass is 10.1. The summed E-state index contributed by atoms with van der Waals surface area (Å²) in [5.41, 5.74) is 1.51. The van der Waals surface area contributed by atoms with Crippen LogP contribution in [0.2, 0.25) is 0 Å². The molecular formula is C16H21N3O2. The topological polar surface area (TPSA) is 69.2 Å². The average Bonchev–Trinajstić information content (AvgIpc) is 2.37. The molecule has 0 unspecified atom stereocenters. The summed E-state index contributed by atoms with van der Waals surface area (Å²) in [6.07, 6.45) is 0. The Morgan fingerprint density at radius 1 is 1.10 bits per heavy atom. The van der Waals surface area contributed by atoms with E-state index >= 15 is 0 Å². The van der Waals surface area contributed by atoms with E-state index in [2.05, 4.69) is 42.6 Å². The van der Waals surface area contributed by atoms with Gasteiger partial charge in [-0.25, -0.2) is 0 Å². The van der Waals surface area contributed by atoms with Crippen molar-refractivity contribution in [2.24, 2.45) is 0 Å². The van der Waals surface area contributed by atoms with E-state index in [4.69, 9.17) is 0 Å². The highest BCUT2D eigenvalue weighted by atomic mass is 16.3. The molecule has 2 N–H and O–H groups in total. The van der Waals surface area contributed by atoms with Crippen LogP contribution in [-0.2, 0) is 0 Å². The van der Waals surface area contributed by atoms with Crippen molar-refractivity contribution in [3.05, 3.63) is 40.7 Å². The van der Waals surface area contributed by atoms with Crippen molar-refractivity contribution in [3.63, 3.8) is 0 Å². The van der Waals surface area contributed by atoms with E-state index in [0.29, 0.717) is 17.9 Å². The number of benzene rings is 1. The summed E-state index contributed by atoms with van der Waals surface area (Å²) in [6.45, 7) is 8.62. The van der Waals surface area contributed by atoms with Crippen LogP contribution >= 0.6 is 0 Å². The predicted molar refractivity (Wildman–Crippen MR) is 84.7 cm³/mol. The number of aromatic nitrogens is 2. The first-order chi connectivity index (χ1) is 9.88. The van der Waals surface area contributed by atoms with Crippen LogP contribution in [-0.4, -0.2) is 27.2 Å². The molecule has 1 heterocycles. The molecule has 0 bridgehead atoms. The molecule has 0 atom stereocenters. The summed E-state index contributed by atoms with van der Waals surface area (Å²) in [4.78, 5) is 20.2. The fourth-order valence-electron chi connectivity index (χ4n) is 2.57. The molecule has 0 aliphatic carbocycles. The highest BCUT2D eigenvalue weighted by Crippen LogP contribution is 2.24. The molecule has 5 nitrogen and oxygen atoms in total. The largest absolute Gasteiger partial charge is 0.493 e. The van der Waals surface area contributed by atoms with Gasteiger partial charge in [0.05, 0.1) is 6.07 Å². The Bertz CT molecular complexity index is 652. The number of nitrogens with zero attached hydrogens (tertiary/aromatic N) is 2. The number of hydrogen-bond acceptors (Lipinski definition) is 4. The van der Waals surface area contributed by atoms with E-state index in [1.165, 1.54) is 0 Å². The summed E-state index contributed by atoms with van der Waals surface area (Å²) < 4.78 is 0. The summed E-state index contributed by atoms with van der Waals surface area (Å²) in [7, 11) is 0. The third-order valence-electron chi connectivity index (χ3n) is 3.28. The number of aromatic hydroxyl groups is 1. The number of aromatic amines is 1. The number of H-pyrrole nitrogens is 1. The highest BCUT2D eigenvalue weighted by molar-refractivity contribution is 5.61. The Morgan fingerprint density at radius 3 is 2.14 bits per heavy atom. The van der Waals surface area contributed by atoms with E-state index in [-0.39, 0.29) is 11.4 Å². The SMILES string of the molecule is CC(C)N(c1ccc(-c2nc(O)cc(=O)[nH]2)cc1)C(C)C. The zero-order valence-electron chi connectivity index (χ0n) is 12.8. The molecule has 2 aromatic rings. The van der Waals surface area contributed by atoms with Crippen molar-refractivity contribution in [2.75, 3.05) is 4.90 Å². The third kappa shape index (κ3) is 3.42. The molecule has 0 saturated carbocycles. The second-order valence-electron chi connectivity index (χ2n) is 5.59. The fraction of sp³-hybridized carbons (Fsp3) is 0.375. The molecule has 1 aromatic carbocycles. The summed E-state index contributed by atoms with van der Waals surface area (Å²) in [5.74, 6) is 0.0935. The molecule has 0 aliphatic heterocycles. The van der Waals surface area contributed by atoms with Gasteiger partial charge in [0.15, 0.2) is 0 Å². The molecule has 2 rings (SSSR count). The number of nitrogens with one attached hydrogen (secondary N) is 1. The Kier molecular flexibility index (Phi) is 4.31. The summed E-state index contributed by atoms with van der Waals surface area (Å²) >= 11 is 0. The second-order valence-corrected chi connectivity index (χ2v) is 5.59. The maximum absolute atomic E-state index is 11.4. The zero-order chi connectivity index (χ0) is 15.6. The van der Waals surface area contributed by atoms with E-state index in [0.717, 1.165) is 17.3 Å². The number of anilines is 1. The first kappa shape index (κ1) is 15.1. The maximum atomic E-state index is 11.4. The van der Waals surface area contributed by atoms with Crippen LogP contribution in [0.15, 0.2) is 35.1 Å². The van der Waals surface area contributed by atoms with Gasteiger partial charge in [-0.05, 0) is 52.0 Å². The lowest BCUT2D eigenvalue weighted by molar-refractivity contribution is 0.452. The van der Waals surface area contributed by atoms with Crippen LogP contribution in [0.3, 0.4) is 0 Å². The van der Waals surface area contributed by atoms with Crippen LogP contribution in [0.4, 0.5) is 5.69 Å². The van der Waals surface area contributed by atoms with Crippen LogP contribution in [0.25, 0.3) is 11.4 Å². The van der Waals surface area contributed by atoms with Crippen molar-refractivity contribution >= 4 is 5.69 Å². The first-order valence-corrected chi connectivity index (χ1v) is 7.07. The zero-order valence-corrected chi connectivity index (χ0v) is 12.8. The Balaban J connectivity index is 2.36. The van der Waals surface area contributed by atoms with Crippen molar-refractivity contribution in [2.45, 2.75) is 39.8 Å². The number of rotatable bonds is 4. The average molecular weight is 287 g/mol. The molecular weight excluding hydrogens is 266 g/mol. The van der Waals surface area contributed by atoms with Gasteiger partial charge in [-0.1, -0.05) is 0 Å².